The Labute approximate surface area is 219 Å². The van der Waals surface area contributed by atoms with Crippen LogP contribution < -0.4 is 19.4 Å². The molecule has 0 saturated carbocycles. The lowest BCUT2D eigenvalue weighted by Gasteiger charge is -2.12. The Kier molecular flexibility index (Phi) is 15.4. The van der Waals surface area contributed by atoms with Gasteiger partial charge in [0.25, 0.3) is 0 Å². The second kappa shape index (κ2) is 18.7. The van der Waals surface area contributed by atoms with Gasteiger partial charge < -0.3 is 14.8 Å². The summed E-state index contributed by atoms with van der Waals surface area (Å²) in [4.78, 5) is 12.4. The van der Waals surface area contributed by atoms with E-state index in [2.05, 4.69) is 23.7 Å². The van der Waals surface area contributed by atoms with Crippen LogP contribution in [0.4, 0.5) is 0 Å². The lowest BCUT2D eigenvalue weighted by molar-refractivity contribution is -0.693. The number of carbonyl (C=O) groups excluding carboxylic acids is 1. The molecule has 5 nitrogen and oxygen atoms in total. The zero-order chi connectivity index (χ0) is 25.8. The average Bonchev–Trinajstić information content (AvgIpc) is 2.91. The Morgan fingerprint density at radius 3 is 1.97 bits per heavy atom. The lowest BCUT2D eigenvalue weighted by Crippen LogP contribution is -2.31. The maximum absolute atomic E-state index is 12.4. The number of nitrogens with zero attached hydrogens (tertiary/aromatic N) is 1. The van der Waals surface area contributed by atoms with Gasteiger partial charge in [-0.05, 0) is 36.6 Å². The summed E-state index contributed by atoms with van der Waals surface area (Å²) >= 11 is 0. The molecule has 1 heterocycles. The molecule has 2 rings (SSSR count). The van der Waals surface area contributed by atoms with Crippen LogP contribution in [0.1, 0.15) is 102 Å². The van der Waals surface area contributed by atoms with Crippen LogP contribution in [0.5, 0.6) is 11.5 Å². The van der Waals surface area contributed by atoms with Crippen molar-refractivity contribution in [2.24, 2.45) is 0 Å². The average molecular weight is 498 g/mol. The fraction of sp³-hybridized carbons (Fsp3) is 0.613. The molecule has 0 saturated heterocycles. The van der Waals surface area contributed by atoms with Crippen molar-refractivity contribution in [3.8, 4) is 11.5 Å². The molecule has 1 N–H and O–H groups in total. The number of methoxy groups -OCH3 is 1. The Morgan fingerprint density at radius 1 is 0.778 bits per heavy atom. The minimum Gasteiger partial charge on any atom is -0.493 e. The van der Waals surface area contributed by atoms with Crippen molar-refractivity contribution in [3.63, 3.8) is 0 Å². The van der Waals surface area contributed by atoms with Crippen LogP contribution in [0.3, 0.4) is 0 Å². The van der Waals surface area contributed by atoms with Crippen molar-refractivity contribution >= 4 is 5.91 Å². The maximum Gasteiger partial charge on any atom is 0.224 e. The molecule has 200 valence electrons. The van der Waals surface area contributed by atoms with E-state index in [1.54, 1.807) is 7.11 Å². The highest BCUT2D eigenvalue weighted by molar-refractivity contribution is 5.78. The van der Waals surface area contributed by atoms with Crippen molar-refractivity contribution < 1.29 is 18.8 Å². The van der Waals surface area contributed by atoms with Crippen LogP contribution >= 0.6 is 0 Å². The van der Waals surface area contributed by atoms with Gasteiger partial charge >= 0.3 is 0 Å². The van der Waals surface area contributed by atoms with Crippen LogP contribution in [0.25, 0.3) is 0 Å². The van der Waals surface area contributed by atoms with Crippen molar-refractivity contribution in [1.29, 1.82) is 0 Å². The molecule has 1 aromatic heterocycles. The fourth-order valence-electron chi connectivity index (χ4n) is 4.33. The first kappa shape index (κ1) is 29.7. The van der Waals surface area contributed by atoms with Crippen LogP contribution in [0, 0.1) is 0 Å². The van der Waals surface area contributed by atoms with Gasteiger partial charge in [0.15, 0.2) is 23.9 Å². The number of pyridine rings is 1. The van der Waals surface area contributed by atoms with E-state index in [1.807, 2.05) is 42.7 Å². The molecule has 0 radical (unpaired) electrons. The second-order valence-electron chi connectivity index (χ2n) is 9.71. The molecular formula is C31H49N2O3+. The molecule has 2 aromatic rings. The van der Waals surface area contributed by atoms with Gasteiger partial charge in [0.05, 0.1) is 20.1 Å². The molecule has 1 aromatic carbocycles. The third-order valence-corrected chi connectivity index (χ3v) is 6.66. The van der Waals surface area contributed by atoms with Gasteiger partial charge in [0.1, 0.15) is 6.54 Å². The normalized spacial score (nSPS) is 10.9. The highest BCUT2D eigenvalue weighted by Crippen LogP contribution is 2.28. The molecule has 0 atom stereocenters. The van der Waals surface area contributed by atoms with E-state index in [9.17, 15) is 4.79 Å². The van der Waals surface area contributed by atoms with E-state index in [0.717, 1.165) is 29.8 Å². The van der Waals surface area contributed by atoms with Gasteiger partial charge in [-0.1, -0.05) is 83.6 Å². The molecule has 36 heavy (non-hydrogen) atoms. The maximum atomic E-state index is 12.4. The SMILES string of the molecule is CCCCCCCCCCCCCCOc1ccc(CC(=O)NCc2cc[n+](CC)cc2)cc1OC. The topological polar surface area (TPSA) is 51.4 Å². The van der Waals surface area contributed by atoms with Crippen molar-refractivity contribution in [1.82, 2.24) is 5.32 Å². The summed E-state index contributed by atoms with van der Waals surface area (Å²) in [5, 5.41) is 3.00. The first-order chi connectivity index (χ1) is 17.7. The third kappa shape index (κ3) is 12.4. The molecule has 0 aliphatic carbocycles. The van der Waals surface area contributed by atoms with Crippen LogP contribution in [0.15, 0.2) is 42.7 Å². The molecule has 0 spiro atoms. The summed E-state index contributed by atoms with van der Waals surface area (Å²) in [6.45, 7) is 6.54. The summed E-state index contributed by atoms with van der Waals surface area (Å²) in [6, 6.07) is 9.85. The molecule has 5 heteroatoms. The highest BCUT2D eigenvalue weighted by Gasteiger charge is 2.10. The van der Waals surface area contributed by atoms with Crippen LogP contribution in [0.2, 0.25) is 0 Å². The molecule has 0 bridgehead atoms. The van der Waals surface area contributed by atoms with E-state index in [-0.39, 0.29) is 5.91 Å². The number of carbonyl (C=O) groups is 1. The predicted molar refractivity (Wildman–Crippen MR) is 147 cm³/mol. The van der Waals surface area contributed by atoms with Crippen LogP contribution in [-0.4, -0.2) is 19.6 Å². The highest BCUT2D eigenvalue weighted by atomic mass is 16.5. The summed E-state index contributed by atoms with van der Waals surface area (Å²) in [5.74, 6) is 1.43. The van der Waals surface area contributed by atoms with Gasteiger partial charge in [0, 0.05) is 18.7 Å². The van der Waals surface area contributed by atoms with E-state index < -0.39 is 0 Å². The monoisotopic (exact) mass is 497 g/mol. The largest absolute Gasteiger partial charge is 0.493 e. The van der Waals surface area contributed by atoms with E-state index in [4.69, 9.17) is 9.47 Å². The Bertz CT molecular complexity index is 851. The molecule has 0 aliphatic rings. The van der Waals surface area contributed by atoms with Gasteiger partial charge in [-0.3, -0.25) is 4.79 Å². The van der Waals surface area contributed by atoms with Gasteiger partial charge in [-0.15, -0.1) is 0 Å². The number of nitrogens with one attached hydrogen (secondary N) is 1. The number of amides is 1. The first-order valence-electron chi connectivity index (χ1n) is 14.2. The van der Waals surface area contributed by atoms with Gasteiger partial charge in [0.2, 0.25) is 5.91 Å². The van der Waals surface area contributed by atoms with Gasteiger partial charge in [-0.2, -0.15) is 0 Å². The number of benzene rings is 1. The first-order valence-corrected chi connectivity index (χ1v) is 14.2. The molecule has 0 unspecified atom stereocenters. The Morgan fingerprint density at radius 2 is 1.39 bits per heavy atom. The Balaban J connectivity index is 1.59. The minimum absolute atomic E-state index is 0.00515. The number of unbranched alkanes of at least 4 members (excludes halogenated alkanes) is 11. The van der Waals surface area contributed by atoms with Crippen molar-refractivity contribution in [2.45, 2.75) is 110 Å². The molecule has 1 amide bonds. The number of ether oxygens (including phenoxy) is 2. The standard InChI is InChI=1S/C31H48N2O3/c1-4-6-7-8-9-10-11-12-13-14-15-16-23-36-29-18-17-28(24-30(29)35-3)25-31(34)32-26-27-19-21-33(5-2)22-20-27/h17-22,24H,4-16,23,25-26H2,1-3H3/p+1. The molecular weight excluding hydrogens is 448 g/mol. The summed E-state index contributed by atoms with van der Waals surface area (Å²) in [7, 11) is 1.65. The summed E-state index contributed by atoms with van der Waals surface area (Å²) in [5.41, 5.74) is 2.01. The number of hydrogen-bond donors (Lipinski definition) is 1. The Hall–Kier alpha value is -2.56. The summed E-state index contributed by atoms with van der Waals surface area (Å²) in [6.07, 6.45) is 20.4. The fourth-order valence-corrected chi connectivity index (χ4v) is 4.33. The van der Waals surface area contributed by atoms with Gasteiger partial charge in [-0.25, -0.2) is 4.57 Å². The van der Waals surface area contributed by atoms with Crippen LogP contribution in [-0.2, 0) is 24.3 Å². The zero-order valence-corrected chi connectivity index (χ0v) is 23.0. The number of aryl methyl sites for hydroxylation is 1. The smallest absolute Gasteiger partial charge is 0.224 e. The minimum atomic E-state index is -0.00515. The quantitative estimate of drug-likeness (QED) is 0.159. The third-order valence-electron chi connectivity index (χ3n) is 6.66. The zero-order valence-electron chi connectivity index (χ0n) is 23.0. The van der Waals surface area contributed by atoms with E-state index >= 15 is 0 Å². The van der Waals surface area contributed by atoms with E-state index in [1.165, 1.54) is 70.6 Å². The van der Waals surface area contributed by atoms with Crippen molar-refractivity contribution in [3.05, 3.63) is 53.9 Å². The van der Waals surface area contributed by atoms with E-state index in [0.29, 0.717) is 25.3 Å². The number of rotatable bonds is 20. The number of hydrogen-bond acceptors (Lipinski definition) is 3. The second-order valence-corrected chi connectivity index (χ2v) is 9.71. The lowest BCUT2D eigenvalue weighted by atomic mass is 10.1. The number of aromatic nitrogens is 1. The predicted octanol–water partition coefficient (Wildman–Crippen LogP) is 6.94. The van der Waals surface area contributed by atoms with Crippen molar-refractivity contribution in [2.75, 3.05) is 13.7 Å². The summed E-state index contributed by atoms with van der Waals surface area (Å²) < 4.78 is 13.6. The molecule has 0 aliphatic heterocycles. The molecule has 0 fully saturated rings.